The lowest BCUT2D eigenvalue weighted by molar-refractivity contribution is 0.0944. The highest BCUT2D eigenvalue weighted by molar-refractivity contribution is 5.96. The molecular weight excluding hydrogens is 334 g/mol. The normalized spacial score (nSPS) is 17.2. The monoisotopic (exact) mass is 361 g/mol. The summed E-state index contributed by atoms with van der Waals surface area (Å²) in [4.78, 5) is 28.2. The number of nitriles is 1. The maximum atomic E-state index is 12.0. The molecule has 2 rings (SSSR count). The highest BCUT2D eigenvalue weighted by Crippen LogP contribution is 1.99. The lowest BCUT2D eigenvalue weighted by Gasteiger charge is -2.10. The second-order valence-electron chi connectivity index (χ2n) is 5.39. The van der Waals surface area contributed by atoms with Gasteiger partial charge in [0.1, 0.15) is 11.4 Å². The van der Waals surface area contributed by atoms with Crippen molar-refractivity contribution in [1.29, 1.82) is 5.26 Å². The van der Waals surface area contributed by atoms with Gasteiger partial charge in [0.25, 0.3) is 11.8 Å². The minimum atomic E-state index is -0.276. The topological polar surface area (TPSA) is 131 Å². The Labute approximate surface area is 153 Å². The number of pyridine rings is 1. The molecule has 9 nitrogen and oxygen atoms in total. The fourth-order valence-corrected chi connectivity index (χ4v) is 2.13. The number of rotatable bonds is 0. The van der Waals surface area contributed by atoms with Crippen LogP contribution in [0.2, 0.25) is 0 Å². The van der Waals surface area contributed by atoms with Gasteiger partial charge >= 0.3 is 0 Å². The molecule has 5 N–H and O–H groups in total. The summed E-state index contributed by atoms with van der Waals surface area (Å²) in [5.41, 5.74) is 0.497. The molecule has 0 atom stereocenters. The number of amides is 2. The summed E-state index contributed by atoms with van der Waals surface area (Å²) in [5, 5.41) is 22.7. The molecule has 0 aromatic carbocycles. The van der Waals surface area contributed by atoms with Gasteiger partial charge in [-0.25, -0.2) is 4.98 Å². The van der Waals surface area contributed by atoms with Gasteiger partial charge in [-0.15, -0.1) is 0 Å². The fraction of sp³-hybridized carbons (Fsp3) is 0.529. The van der Waals surface area contributed by atoms with Crippen molar-refractivity contribution in [3.05, 3.63) is 29.6 Å². The Kier molecular flexibility index (Phi) is 11.3. The first-order chi connectivity index (χ1) is 12.7. The van der Waals surface area contributed by atoms with Crippen LogP contribution >= 0.6 is 0 Å². The van der Waals surface area contributed by atoms with Gasteiger partial charge in [0.15, 0.2) is 0 Å². The molecule has 2 heterocycles. The first kappa shape index (κ1) is 21.5. The van der Waals surface area contributed by atoms with Crippen molar-refractivity contribution < 1.29 is 9.59 Å². The smallest absolute Gasteiger partial charge is 0.269 e. The van der Waals surface area contributed by atoms with Gasteiger partial charge in [0.2, 0.25) is 0 Å². The maximum Gasteiger partial charge on any atom is 0.269 e. The van der Waals surface area contributed by atoms with Gasteiger partial charge in [0.05, 0.1) is 6.07 Å². The van der Waals surface area contributed by atoms with Crippen LogP contribution in [0.15, 0.2) is 18.2 Å². The molecule has 0 saturated carbocycles. The second kappa shape index (κ2) is 13.7. The first-order valence-corrected chi connectivity index (χ1v) is 8.65. The quantitative estimate of drug-likeness (QED) is 0.394. The lowest BCUT2D eigenvalue weighted by atomic mass is 10.2. The van der Waals surface area contributed by atoms with E-state index in [0.29, 0.717) is 26.2 Å². The van der Waals surface area contributed by atoms with Crippen LogP contribution in [0.4, 0.5) is 0 Å². The van der Waals surface area contributed by atoms with Crippen molar-refractivity contribution in [1.82, 2.24) is 31.6 Å². The van der Waals surface area contributed by atoms with E-state index in [4.69, 9.17) is 5.26 Å². The van der Waals surface area contributed by atoms with Gasteiger partial charge in [-0.1, -0.05) is 6.07 Å². The molecule has 0 aliphatic carbocycles. The van der Waals surface area contributed by atoms with Crippen molar-refractivity contribution in [2.75, 3.05) is 52.4 Å². The summed E-state index contributed by atoms with van der Waals surface area (Å²) < 4.78 is 0. The van der Waals surface area contributed by atoms with Crippen LogP contribution in [0.3, 0.4) is 0 Å². The highest BCUT2D eigenvalue weighted by atomic mass is 16.2. The van der Waals surface area contributed by atoms with Crippen LogP contribution in [0.1, 0.15) is 27.9 Å². The molecule has 1 aromatic heterocycles. The Morgan fingerprint density at radius 2 is 1.15 bits per heavy atom. The van der Waals surface area contributed by atoms with Crippen molar-refractivity contribution in [2.24, 2.45) is 0 Å². The SMILES string of the molecule is CC#N.O=C1NCCNCCNCCNCCNC(=O)c2cccc1n2. The van der Waals surface area contributed by atoms with Gasteiger partial charge in [-0.3, -0.25) is 9.59 Å². The Morgan fingerprint density at radius 3 is 1.54 bits per heavy atom. The number of aromatic nitrogens is 1. The molecule has 0 spiro atoms. The number of carbonyl (C=O) groups is 2. The third kappa shape index (κ3) is 9.08. The zero-order valence-corrected chi connectivity index (χ0v) is 15.1. The molecule has 0 radical (unpaired) electrons. The summed E-state index contributed by atoms with van der Waals surface area (Å²) in [6.45, 7) is 7.26. The van der Waals surface area contributed by atoms with E-state index in [9.17, 15) is 9.59 Å². The molecule has 0 unspecified atom stereocenters. The molecule has 2 amide bonds. The van der Waals surface area contributed by atoms with E-state index in [1.165, 1.54) is 6.92 Å². The van der Waals surface area contributed by atoms with Crippen molar-refractivity contribution in [2.45, 2.75) is 6.92 Å². The number of nitrogens with zero attached hydrogens (tertiary/aromatic N) is 2. The van der Waals surface area contributed by atoms with E-state index in [1.54, 1.807) is 24.3 Å². The van der Waals surface area contributed by atoms with Crippen molar-refractivity contribution >= 4 is 11.8 Å². The molecule has 2 bridgehead atoms. The summed E-state index contributed by atoms with van der Waals surface area (Å²) >= 11 is 0. The van der Waals surface area contributed by atoms with E-state index in [0.717, 1.165) is 26.2 Å². The van der Waals surface area contributed by atoms with E-state index in [-0.39, 0.29) is 23.2 Å². The Bertz CT molecular complexity index is 560. The maximum absolute atomic E-state index is 12.0. The van der Waals surface area contributed by atoms with Crippen LogP contribution in [0.5, 0.6) is 0 Å². The Balaban J connectivity index is 0.00000105. The molecule has 1 aromatic rings. The zero-order valence-electron chi connectivity index (χ0n) is 15.1. The number of hydrogen-bond donors (Lipinski definition) is 5. The molecule has 0 saturated heterocycles. The minimum absolute atomic E-state index is 0.249. The standard InChI is InChI=1S/C15H24N6O2.C2H3N/c22-14-12-2-1-3-13(21-12)15(23)20-11-9-18-7-5-16-4-6-17-8-10-19-14;1-2-3/h1-3,16-18H,4-11H2,(H,19,22)(H,20,23);1H3. The Hall–Kier alpha value is -2.54. The van der Waals surface area contributed by atoms with E-state index in [2.05, 4.69) is 31.6 Å². The van der Waals surface area contributed by atoms with Crippen molar-refractivity contribution in [3.63, 3.8) is 0 Å². The molecule has 9 heteroatoms. The fourth-order valence-electron chi connectivity index (χ4n) is 2.13. The predicted molar refractivity (Wildman–Crippen MR) is 98.8 cm³/mol. The number of nitrogens with one attached hydrogen (secondary N) is 5. The van der Waals surface area contributed by atoms with Crippen LogP contribution in [-0.4, -0.2) is 69.2 Å². The third-order valence-corrected chi connectivity index (χ3v) is 3.35. The highest BCUT2D eigenvalue weighted by Gasteiger charge is 2.11. The average Bonchev–Trinajstić information content (AvgIpc) is 2.65. The third-order valence-electron chi connectivity index (χ3n) is 3.35. The van der Waals surface area contributed by atoms with Gasteiger partial charge in [0, 0.05) is 59.3 Å². The average molecular weight is 361 g/mol. The van der Waals surface area contributed by atoms with Crippen LogP contribution in [0, 0.1) is 11.3 Å². The molecular formula is C17H27N7O2. The molecule has 0 fully saturated rings. The van der Waals surface area contributed by atoms with Gasteiger partial charge in [-0.2, -0.15) is 5.26 Å². The molecule has 1 aliphatic rings. The zero-order chi connectivity index (χ0) is 19.0. The van der Waals surface area contributed by atoms with E-state index >= 15 is 0 Å². The summed E-state index contributed by atoms with van der Waals surface area (Å²) in [6.07, 6.45) is 0. The van der Waals surface area contributed by atoms with Gasteiger partial charge < -0.3 is 26.6 Å². The van der Waals surface area contributed by atoms with Crippen LogP contribution in [0.25, 0.3) is 0 Å². The number of hydrogen-bond acceptors (Lipinski definition) is 7. The van der Waals surface area contributed by atoms with Crippen molar-refractivity contribution in [3.8, 4) is 6.07 Å². The van der Waals surface area contributed by atoms with Crippen LogP contribution in [-0.2, 0) is 0 Å². The largest absolute Gasteiger partial charge is 0.349 e. The predicted octanol–water partition coefficient (Wildman–Crippen LogP) is -1.15. The van der Waals surface area contributed by atoms with Crippen LogP contribution < -0.4 is 26.6 Å². The number of fused-ring (bicyclic) bond motifs is 2. The molecule has 1 aliphatic heterocycles. The molecule has 26 heavy (non-hydrogen) atoms. The first-order valence-electron chi connectivity index (χ1n) is 8.65. The summed E-state index contributed by atoms with van der Waals surface area (Å²) in [7, 11) is 0. The molecule has 142 valence electrons. The summed E-state index contributed by atoms with van der Waals surface area (Å²) in [5.74, 6) is -0.551. The minimum Gasteiger partial charge on any atom is -0.349 e. The lowest BCUT2D eigenvalue weighted by Crippen LogP contribution is -2.38. The van der Waals surface area contributed by atoms with Gasteiger partial charge in [-0.05, 0) is 12.1 Å². The van der Waals surface area contributed by atoms with E-state index < -0.39 is 0 Å². The summed E-state index contributed by atoms with van der Waals surface area (Å²) in [6, 6.07) is 6.62. The van der Waals surface area contributed by atoms with E-state index in [1.807, 2.05) is 0 Å². The Morgan fingerprint density at radius 1 is 0.808 bits per heavy atom. The number of carbonyl (C=O) groups excluding carboxylic acids is 2. The second-order valence-corrected chi connectivity index (χ2v) is 5.39.